The van der Waals surface area contributed by atoms with Crippen LogP contribution in [0, 0.1) is 0 Å². The van der Waals surface area contributed by atoms with Gasteiger partial charge in [-0.2, -0.15) is 0 Å². The molecule has 100 valence electrons. The van der Waals surface area contributed by atoms with Crippen molar-refractivity contribution in [2.24, 2.45) is 0 Å². The Hall–Kier alpha value is -0.690. The van der Waals surface area contributed by atoms with Gasteiger partial charge in [-0.1, -0.05) is 0 Å². The number of methoxy groups -OCH3 is 1. The fraction of sp³-hybridized carbons (Fsp3) is 0.909. The van der Waals surface area contributed by atoms with Gasteiger partial charge in [-0.05, 0) is 6.92 Å². The molecule has 1 saturated heterocycles. The van der Waals surface area contributed by atoms with Gasteiger partial charge in [-0.25, -0.2) is 4.79 Å². The van der Waals surface area contributed by atoms with Gasteiger partial charge >= 0.3 is 5.97 Å². The zero-order valence-electron chi connectivity index (χ0n) is 10.5. The van der Waals surface area contributed by atoms with Gasteiger partial charge in [0, 0.05) is 26.7 Å². The van der Waals surface area contributed by atoms with Crippen LogP contribution in [0.2, 0.25) is 0 Å². The third kappa shape index (κ3) is 5.45. The molecule has 1 aliphatic heterocycles. The van der Waals surface area contributed by atoms with Crippen molar-refractivity contribution >= 4 is 5.97 Å². The molecule has 0 aromatic heterocycles. The van der Waals surface area contributed by atoms with E-state index < -0.39 is 5.97 Å². The summed E-state index contributed by atoms with van der Waals surface area (Å²) in [6, 6.07) is 0. The second kappa shape index (κ2) is 6.90. The van der Waals surface area contributed by atoms with Crippen LogP contribution < -0.4 is 0 Å². The van der Waals surface area contributed by atoms with E-state index in [4.69, 9.17) is 19.3 Å². The third-order valence-electron chi connectivity index (χ3n) is 2.64. The van der Waals surface area contributed by atoms with E-state index in [1.165, 1.54) is 0 Å². The first-order valence-electron chi connectivity index (χ1n) is 5.70. The van der Waals surface area contributed by atoms with E-state index in [-0.39, 0.29) is 12.2 Å². The van der Waals surface area contributed by atoms with Crippen LogP contribution in [-0.4, -0.2) is 74.7 Å². The van der Waals surface area contributed by atoms with Gasteiger partial charge in [0.25, 0.3) is 0 Å². The van der Waals surface area contributed by atoms with Crippen LogP contribution >= 0.6 is 0 Å². The number of carboxylic acids is 1. The number of likely N-dealkylation sites (tertiary alicyclic amines) is 1. The van der Waals surface area contributed by atoms with Gasteiger partial charge in [0.05, 0.1) is 25.4 Å². The second-order valence-electron chi connectivity index (χ2n) is 4.45. The van der Waals surface area contributed by atoms with E-state index in [0.29, 0.717) is 19.8 Å². The van der Waals surface area contributed by atoms with Crippen molar-refractivity contribution in [3.05, 3.63) is 0 Å². The molecular formula is C11H21NO5. The van der Waals surface area contributed by atoms with E-state index in [0.717, 1.165) is 19.6 Å². The minimum atomic E-state index is -0.924. The smallest absolute Gasteiger partial charge is 0.329 e. The maximum atomic E-state index is 10.4. The first-order valence-corrected chi connectivity index (χ1v) is 5.70. The zero-order valence-corrected chi connectivity index (χ0v) is 10.5. The Kier molecular flexibility index (Phi) is 5.84. The van der Waals surface area contributed by atoms with Crippen LogP contribution in [0.4, 0.5) is 0 Å². The first kappa shape index (κ1) is 14.4. The van der Waals surface area contributed by atoms with Crippen molar-refractivity contribution in [1.29, 1.82) is 0 Å². The predicted octanol–water partition coefficient (Wildman–Crippen LogP) is -0.175. The van der Waals surface area contributed by atoms with Crippen molar-refractivity contribution in [2.45, 2.75) is 12.5 Å². The monoisotopic (exact) mass is 247 g/mol. The van der Waals surface area contributed by atoms with Crippen LogP contribution in [0.5, 0.6) is 0 Å². The Morgan fingerprint density at radius 1 is 1.35 bits per heavy atom. The van der Waals surface area contributed by atoms with Crippen molar-refractivity contribution in [3.8, 4) is 0 Å². The zero-order chi connectivity index (χ0) is 12.7. The van der Waals surface area contributed by atoms with Crippen molar-refractivity contribution < 1.29 is 24.1 Å². The lowest BCUT2D eigenvalue weighted by Crippen LogP contribution is -2.62. The fourth-order valence-corrected chi connectivity index (χ4v) is 1.82. The van der Waals surface area contributed by atoms with Gasteiger partial charge in [0.15, 0.2) is 0 Å². The van der Waals surface area contributed by atoms with Gasteiger partial charge in [-0.3, -0.25) is 4.90 Å². The number of nitrogens with zero attached hydrogens (tertiary/aromatic N) is 1. The number of carboxylic acid groups (broad SMARTS) is 1. The van der Waals surface area contributed by atoms with Crippen LogP contribution in [-0.2, 0) is 19.0 Å². The van der Waals surface area contributed by atoms with Gasteiger partial charge in [0.2, 0.25) is 0 Å². The van der Waals surface area contributed by atoms with Crippen LogP contribution in [0.3, 0.4) is 0 Å². The summed E-state index contributed by atoms with van der Waals surface area (Å²) in [5.74, 6) is -0.924. The predicted molar refractivity (Wildman–Crippen MR) is 61.1 cm³/mol. The quantitative estimate of drug-likeness (QED) is 0.570. The summed E-state index contributed by atoms with van der Waals surface area (Å²) in [4.78, 5) is 12.5. The molecule has 1 aliphatic rings. The average Bonchev–Trinajstić information content (AvgIpc) is 2.23. The van der Waals surface area contributed by atoms with Crippen LogP contribution in [0.1, 0.15) is 6.92 Å². The molecule has 0 bridgehead atoms. The highest BCUT2D eigenvalue weighted by Gasteiger charge is 2.39. The molecule has 0 saturated carbocycles. The summed E-state index contributed by atoms with van der Waals surface area (Å²) in [7, 11) is 1.64. The Morgan fingerprint density at radius 3 is 2.65 bits per heavy atom. The Bertz CT molecular complexity index is 240. The van der Waals surface area contributed by atoms with Crippen molar-refractivity contribution in [2.75, 3.05) is 53.2 Å². The minimum absolute atomic E-state index is 0.228. The van der Waals surface area contributed by atoms with Gasteiger partial charge in [-0.15, -0.1) is 0 Å². The summed E-state index contributed by atoms with van der Waals surface area (Å²) in [6.45, 7) is 5.94. The Morgan fingerprint density at radius 2 is 2.06 bits per heavy atom. The largest absolute Gasteiger partial charge is 0.480 e. The van der Waals surface area contributed by atoms with Crippen molar-refractivity contribution in [1.82, 2.24) is 4.90 Å². The molecule has 0 aromatic carbocycles. The molecule has 0 aromatic rings. The molecule has 1 fully saturated rings. The van der Waals surface area contributed by atoms with E-state index in [9.17, 15) is 4.79 Å². The molecule has 6 nitrogen and oxygen atoms in total. The highest BCUT2D eigenvalue weighted by atomic mass is 16.5. The fourth-order valence-electron chi connectivity index (χ4n) is 1.82. The molecule has 0 unspecified atom stereocenters. The normalized spacial score (nSPS) is 18.9. The molecule has 0 aliphatic carbocycles. The molecule has 1 heterocycles. The van der Waals surface area contributed by atoms with Crippen molar-refractivity contribution in [3.63, 3.8) is 0 Å². The van der Waals surface area contributed by atoms with E-state index in [2.05, 4.69) is 4.90 Å². The number of hydrogen-bond donors (Lipinski definition) is 1. The summed E-state index contributed by atoms with van der Waals surface area (Å²) in [5, 5.41) is 8.52. The Labute approximate surface area is 101 Å². The summed E-state index contributed by atoms with van der Waals surface area (Å²) < 4.78 is 15.5. The van der Waals surface area contributed by atoms with Crippen LogP contribution in [0.25, 0.3) is 0 Å². The highest BCUT2D eigenvalue weighted by Crippen LogP contribution is 2.23. The molecule has 6 heteroatoms. The lowest BCUT2D eigenvalue weighted by atomic mass is 9.96. The molecule has 17 heavy (non-hydrogen) atoms. The lowest BCUT2D eigenvalue weighted by molar-refractivity contribution is -0.165. The Balaban J connectivity index is 2.00. The lowest BCUT2D eigenvalue weighted by Gasteiger charge is -2.47. The number of ether oxygens (including phenoxy) is 3. The summed E-state index contributed by atoms with van der Waals surface area (Å²) in [6.07, 6.45) is 0. The second-order valence-corrected chi connectivity index (χ2v) is 4.45. The van der Waals surface area contributed by atoms with E-state index in [1.807, 2.05) is 6.92 Å². The average molecular weight is 247 g/mol. The van der Waals surface area contributed by atoms with Gasteiger partial charge in [0.1, 0.15) is 6.61 Å². The molecule has 1 N–H and O–H groups in total. The number of aliphatic carboxylic acids is 1. The SMILES string of the molecule is COCCOCCN1CC(C)(OCC(=O)O)C1. The molecular weight excluding hydrogens is 226 g/mol. The minimum Gasteiger partial charge on any atom is -0.480 e. The van der Waals surface area contributed by atoms with Gasteiger partial charge < -0.3 is 19.3 Å². The van der Waals surface area contributed by atoms with E-state index >= 15 is 0 Å². The summed E-state index contributed by atoms with van der Waals surface area (Å²) >= 11 is 0. The number of carbonyl (C=O) groups is 1. The number of rotatable bonds is 9. The molecule has 0 amide bonds. The highest BCUT2D eigenvalue weighted by molar-refractivity contribution is 5.68. The van der Waals surface area contributed by atoms with Crippen LogP contribution in [0.15, 0.2) is 0 Å². The standard InChI is InChI=1S/C11H21NO5/c1-11(17-7-10(13)14)8-12(9-11)3-4-16-6-5-15-2/h3-9H2,1-2H3,(H,13,14). The molecule has 0 atom stereocenters. The maximum absolute atomic E-state index is 10.4. The summed E-state index contributed by atoms with van der Waals surface area (Å²) in [5.41, 5.74) is -0.315. The molecule has 0 spiro atoms. The topological polar surface area (TPSA) is 68.2 Å². The molecule has 0 radical (unpaired) electrons. The number of hydrogen-bond acceptors (Lipinski definition) is 5. The third-order valence-corrected chi connectivity index (χ3v) is 2.64. The van der Waals surface area contributed by atoms with E-state index in [1.54, 1.807) is 7.11 Å². The first-order chi connectivity index (χ1) is 8.06. The molecule has 1 rings (SSSR count). The maximum Gasteiger partial charge on any atom is 0.329 e.